The van der Waals surface area contributed by atoms with Gasteiger partial charge in [-0.15, -0.1) is 0 Å². The zero-order chi connectivity index (χ0) is 22.0. The average Bonchev–Trinajstić information content (AvgIpc) is 2.75. The van der Waals surface area contributed by atoms with Crippen molar-refractivity contribution in [2.45, 2.75) is 18.9 Å². The lowest BCUT2D eigenvalue weighted by Gasteiger charge is -2.45. The van der Waals surface area contributed by atoms with Crippen molar-refractivity contribution in [3.05, 3.63) is 63.1 Å². The van der Waals surface area contributed by atoms with E-state index in [1.807, 2.05) is 24.3 Å². The van der Waals surface area contributed by atoms with E-state index < -0.39 is 6.09 Å². The van der Waals surface area contributed by atoms with Crippen LogP contribution in [0.25, 0.3) is 0 Å². The van der Waals surface area contributed by atoms with Crippen LogP contribution in [0.4, 0.5) is 10.5 Å². The first-order valence-corrected chi connectivity index (χ1v) is 11.7. The molecule has 1 atom stereocenters. The molecule has 2 heterocycles. The number of rotatable bonds is 4. The lowest BCUT2D eigenvalue weighted by Crippen LogP contribution is -2.50. The Morgan fingerprint density at radius 2 is 1.61 bits per heavy atom. The Balaban J connectivity index is 1.50. The minimum absolute atomic E-state index is 0.142. The van der Waals surface area contributed by atoms with Crippen LogP contribution in [0.5, 0.6) is 0 Å². The third-order valence-corrected chi connectivity index (χ3v) is 7.13. The zero-order valence-electron chi connectivity index (χ0n) is 17.2. The predicted molar refractivity (Wildman–Crippen MR) is 127 cm³/mol. The van der Waals surface area contributed by atoms with Crippen molar-refractivity contribution < 1.29 is 9.90 Å². The van der Waals surface area contributed by atoms with Gasteiger partial charge in [-0.1, -0.05) is 46.9 Å². The van der Waals surface area contributed by atoms with Gasteiger partial charge in [-0.2, -0.15) is 0 Å². The van der Waals surface area contributed by atoms with E-state index in [0.29, 0.717) is 29.1 Å². The van der Waals surface area contributed by atoms with Crippen LogP contribution in [0, 0.1) is 5.92 Å². The topological polar surface area (TPSA) is 47.0 Å². The maximum Gasteiger partial charge on any atom is 0.407 e. The summed E-state index contributed by atoms with van der Waals surface area (Å²) in [6.07, 6.45) is 1.03. The van der Waals surface area contributed by atoms with Gasteiger partial charge in [0.2, 0.25) is 0 Å². The van der Waals surface area contributed by atoms with Crippen molar-refractivity contribution in [1.29, 1.82) is 0 Å². The summed E-state index contributed by atoms with van der Waals surface area (Å²) in [7, 11) is 0. The molecule has 2 aromatic carbocycles. The number of benzene rings is 2. The summed E-state index contributed by atoms with van der Waals surface area (Å²) in [5.74, 6) is 0.520. The highest BCUT2D eigenvalue weighted by molar-refractivity contribution is 6.36. The van der Waals surface area contributed by atoms with Gasteiger partial charge in [-0.05, 0) is 54.7 Å². The second kappa shape index (κ2) is 9.86. The van der Waals surface area contributed by atoms with Crippen LogP contribution in [-0.2, 0) is 0 Å². The van der Waals surface area contributed by atoms with Gasteiger partial charge in [0.1, 0.15) is 0 Å². The molecule has 2 fully saturated rings. The fourth-order valence-electron chi connectivity index (χ4n) is 4.65. The van der Waals surface area contributed by atoms with Gasteiger partial charge < -0.3 is 14.9 Å². The summed E-state index contributed by atoms with van der Waals surface area (Å²) >= 11 is 18.8. The Labute approximate surface area is 198 Å². The molecule has 1 unspecified atom stereocenters. The van der Waals surface area contributed by atoms with Crippen molar-refractivity contribution >= 4 is 46.6 Å². The number of likely N-dealkylation sites (tertiary alicyclic amines) is 1. The highest BCUT2D eigenvalue weighted by Gasteiger charge is 2.32. The molecule has 4 rings (SSSR count). The van der Waals surface area contributed by atoms with Crippen LogP contribution in [-0.4, -0.2) is 60.3 Å². The van der Waals surface area contributed by atoms with Crippen LogP contribution in [0.15, 0.2) is 42.5 Å². The number of halogens is 3. The molecule has 0 aliphatic carbocycles. The van der Waals surface area contributed by atoms with Crippen LogP contribution in [0.2, 0.25) is 15.1 Å². The summed E-state index contributed by atoms with van der Waals surface area (Å²) in [5, 5.41) is 11.2. The zero-order valence-corrected chi connectivity index (χ0v) is 19.5. The van der Waals surface area contributed by atoms with Crippen molar-refractivity contribution in [1.82, 2.24) is 9.80 Å². The van der Waals surface area contributed by atoms with Crippen molar-refractivity contribution in [3.63, 3.8) is 0 Å². The molecule has 0 radical (unpaired) electrons. The standard InChI is InChI=1S/C23H26Cl3N3O2/c24-18-3-1-17(2-4-18)22-15-27(14-16-7-9-28(10-8-16)23(30)31)11-12-29(22)21-6-5-19(25)13-20(21)26/h1-6,13,16,22H,7-12,14-15H2,(H,30,31). The van der Waals surface area contributed by atoms with Crippen LogP contribution >= 0.6 is 34.8 Å². The van der Waals surface area contributed by atoms with E-state index in [0.717, 1.165) is 49.7 Å². The van der Waals surface area contributed by atoms with Crippen molar-refractivity contribution in [2.75, 3.05) is 44.2 Å². The van der Waals surface area contributed by atoms with Crippen LogP contribution in [0.3, 0.4) is 0 Å². The summed E-state index contributed by atoms with van der Waals surface area (Å²) in [6.45, 7) is 4.90. The number of amides is 1. The molecule has 0 saturated carbocycles. The Hall–Kier alpha value is -1.66. The molecule has 2 saturated heterocycles. The molecule has 0 spiro atoms. The third-order valence-electron chi connectivity index (χ3n) is 6.34. The second-order valence-electron chi connectivity index (χ2n) is 8.33. The monoisotopic (exact) mass is 481 g/mol. The largest absolute Gasteiger partial charge is 0.465 e. The number of hydrogen-bond donors (Lipinski definition) is 1. The molecule has 2 aliphatic heterocycles. The highest BCUT2D eigenvalue weighted by atomic mass is 35.5. The predicted octanol–water partition coefficient (Wildman–Crippen LogP) is 5.90. The quantitative estimate of drug-likeness (QED) is 0.589. The average molecular weight is 483 g/mol. The maximum absolute atomic E-state index is 11.2. The number of piperazine rings is 1. The lowest BCUT2D eigenvalue weighted by atomic mass is 9.94. The first kappa shape index (κ1) is 22.5. The molecule has 31 heavy (non-hydrogen) atoms. The van der Waals surface area contributed by atoms with Gasteiger partial charge in [0.15, 0.2) is 0 Å². The lowest BCUT2D eigenvalue weighted by molar-refractivity contribution is 0.109. The van der Waals surface area contributed by atoms with E-state index in [2.05, 4.69) is 21.9 Å². The molecule has 5 nitrogen and oxygen atoms in total. The molecule has 8 heteroatoms. The van der Waals surface area contributed by atoms with Gasteiger partial charge in [0.05, 0.1) is 16.8 Å². The van der Waals surface area contributed by atoms with Crippen LogP contribution < -0.4 is 4.90 Å². The summed E-state index contributed by atoms with van der Waals surface area (Å²) in [6, 6.07) is 13.8. The molecule has 0 aromatic heterocycles. The SMILES string of the molecule is O=C(O)N1CCC(CN2CCN(c3ccc(Cl)cc3Cl)C(c3ccc(Cl)cc3)C2)CC1. The Kier molecular flexibility index (Phi) is 7.17. The Bertz CT molecular complexity index is 917. The molecule has 1 N–H and O–H groups in total. The van der Waals surface area contributed by atoms with Gasteiger partial charge in [-0.3, -0.25) is 4.90 Å². The van der Waals surface area contributed by atoms with Gasteiger partial charge >= 0.3 is 6.09 Å². The molecule has 1 amide bonds. The second-order valence-corrected chi connectivity index (χ2v) is 9.61. The number of carbonyl (C=O) groups is 1. The minimum Gasteiger partial charge on any atom is -0.465 e. The van der Waals surface area contributed by atoms with E-state index in [1.54, 1.807) is 6.07 Å². The number of piperidine rings is 1. The smallest absolute Gasteiger partial charge is 0.407 e. The molecule has 166 valence electrons. The molecule has 2 aliphatic rings. The summed E-state index contributed by atoms with van der Waals surface area (Å²) < 4.78 is 0. The van der Waals surface area contributed by atoms with E-state index in [4.69, 9.17) is 34.8 Å². The van der Waals surface area contributed by atoms with Crippen molar-refractivity contribution in [3.8, 4) is 0 Å². The van der Waals surface area contributed by atoms with Gasteiger partial charge in [-0.25, -0.2) is 4.79 Å². The number of anilines is 1. The summed E-state index contributed by atoms with van der Waals surface area (Å²) in [5.41, 5.74) is 2.18. The molecular formula is C23H26Cl3N3O2. The highest BCUT2D eigenvalue weighted by Crippen LogP contribution is 2.37. The van der Waals surface area contributed by atoms with Gasteiger partial charge in [0.25, 0.3) is 0 Å². The van der Waals surface area contributed by atoms with Crippen LogP contribution in [0.1, 0.15) is 24.4 Å². The molecule has 0 bridgehead atoms. The van der Waals surface area contributed by atoms with E-state index >= 15 is 0 Å². The fraction of sp³-hybridized carbons (Fsp3) is 0.435. The molecule has 2 aromatic rings. The first-order chi connectivity index (χ1) is 14.9. The Morgan fingerprint density at radius 3 is 2.26 bits per heavy atom. The first-order valence-electron chi connectivity index (χ1n) is 10.6. The Morgan fingerprint density at radius 1 is 0.935 bits per heavy atom. The number of nitrogens with zero attached hydrogens (tertiary/aromatic N) is 3. The summed E-state index contributed by atoms with van der Waals surface area (Å²) in [4.78, 5) is 17.6. The van der Waals surface area contributed by atoms with Gasteiger partial charge in [0, 0.05) is 49.3 Å². The van der Waals surface area contributed by atoms with E-state index in [-0.39, 0.29) is 6.04 Å². The molecular weight excluding hydrogens is 457 g/mol. The fourth-order valence-corrected chi connectivity index (χ4v) is 5.29. The maximum atomic E-state index is 11.2. The van der Waals surface area contributed by atoms with Crippen molar-refractivity contribution in [2.24, 2.45) is 5.92 Å². The third kappa shape index (κ3) is 5.40. The van der Waals surface area contributed by atoms with E-state index in [1.165, 1.54) is 10.5 Å². The normalized spacial score (nSPS) is 20.8. The number of carboxylic acid groups (broad SMARTS) is 1. The number of hydrogen-bond acceptors (Lipinski definition) is 3. The minimum atomic E-state index is -0.810. The van der Waals surface area contributed by atoms with E-state index in [9.17, 15) is 9.90 Å².